The molecule has 3 rings (SSSR count). The third-order valence-corrected chi connectivity index (χ3v) is 4.53. The van der Waals surface area contributed by atoms with E-state index in [0.717, 1.165) is 37.3 Å². The van der Waals surface area contributed by atoms with Crippen LogP contribution in [0.3, 0.4) is 0 Å². The number of hydrogen-bond donors (Lipinski definition) is 0. The summed E-state index contributed by atoms with van der Waals surface area (Å²) in [7, 11) is 1.43. The Morgan fingerprint density at radius 2 is 2.30 bits per heavy atom. The molecule has 1 aliphatic rings. The lowest BCUT2D eigenvalue weighted by molar-refractivity contribution is -0.147. The van der Waals surface area contributed by atoms with E-state index < -0.39 is 0 Å². The summed E-state index contributed by atoms with van der Waals surface area (Å²) in [6, 6.07) is 5.04. The number of aromatic nitrogens is 2. The molecule has 0 N–H and O–H groups in total. The van der Waals surface area contributed by atoms with E-state index in [2.05, 4.69) is 9.88 Å². The number of benzene rings is 1. The lowest BCUT2D eigenvalue weighted by atomic mass is 9.98. The summed E-state index contributed by atoms with van der Waals surface area (Å²) in [6.45, 7) is 4.98. The topological polar surface area (TPSA) is 47.4 Å². The van der Waals surface area contributed by atoms with Crippen molar-refractivity contribution in [3.63, 3.8) is 0 Å². The molecule has 2 aromatic rings. The summed E-state index contributed by atoms with van der Waals surface area (Å²) < 4.78 is 20.9. The molecule has 124 valence electrons. The maximum absolute atomic E-state index is 14.0. The highest BCUT2D eigenvalue weighted by molar-refractivity contribution is 5.76. The van der Waals surface area contributed by atoms with Crippen molar-refractivity contribution in [2.75, 3.05) is 20.2 Å². The molecule has 5 nitrogen and oxygen atoms in total. The fourth-order valence-corrected chi connectivity index (χ4v) is 3.39. The number of ether oxygens (including phenoxy) is 1. The number of para-hydroxylation sites is 1. The van der Waals surface area contributed by atoms with Crippen molar-refractivity contribution in [3.05, 3.63) is 29.8 Å². The first kappa shape index (κ1) is 15.9. The van der Waals surface area contributed by atoms with Gasteiger partial charge in [-0.25, -0.2) is 9.37 Å². The highest BCUT2D eigenvalue weighted by Gasteiger charge is 2.27. The first-order chi connectivity index (χ1) is 11.1. The lowest BCUT2D eigenvalue weighted by Crippen LogP contribution is -2.39. The molecule has 0 unspecified atom stereocenters. The van der Waals surface area contributed by atoms with Gasteiger partial charge >= 0.3 is 5.97 Å². The van der Waals surface area contributed by atoms with Crippen LogP contribution >= 0.6 is 0 Å². The largest absolute Gasteiger partial charge is 0.469 e. The number of halogens is 1. The molecule has 6 heteroatoms. The molecule has 1 atom stereocenters. The van der Waals surface area contributed by atoms with E-state index in [9.17, 15) is 9.18 Å². The van der Waals surface area contributed by atoms with Crippen molar-refractivity contribution in [1.29, 1.82) is 0 Å². The molecule has 0 aliphatic carbocycles. The minimum Gasteiger partial charge on any atom is -0.469 e. The number of fused-ring (bicyclic) bond motifs is 1. The third-order valence-electron chi connectivity index (χ3n) is 4.53. The molecule has 0 saturated carbocycles. The number of likely N-dealkylation sites (tertiary alicyclic amines) is 1. The predicted octanol–water partition coefficient (Wildman–Crippen LogP) is 2.58. The molecule has 0 amide bonds. The number of rotatable bonds is 4. The molecule has 1 aliphatic heterocycles. The van der Waals surface area contributed by atoms with Crippen LogP contribution in [0.2, 0.25) is 0 Å². The fourth-order valence-electron chi connectivity index (χ4n) is 3.39. The van der Waals surface area contributed by atoms with Crippen molar-refractivity contribution in [2.45, 2.75) is 32.9 Å². The van der Waals surface area contributed by atoms with Gasteiger partial charge in [0.15, 0.2) is 5.82 Å². The fraction of sp³-hybridized carbons (Fsp3) is 0.529. The monoisotopic (exact) mass is 319 g/mol. The Labute approximate surface area is 135 Å². The van der Waals surface area contributed by atoms with E-state index in [0.29, 0.717) is 18.6 Å². The normalized spacial score (nSPS) is 19.2. The molecule has 23 heavy (non-hydrogen) atoms. The third kappa shape index (κ3) is 3.08. The molecule has 2 heterocycles. The van der Waals surface area contributed by atoms with Gasteiger partial charge in [-0.05, 0) is 38.4 Å². The molecule has 1 saturated heterocycles. The Kier molecular flexibility index (Phi) is 4.61. The highest BCUT2D eigenvalue weighted by atomic mass is 19.1. The zero-order chi connectivity index (χ0) is 16.4. The van der Waals surface area contributed by atoms with E-state index in [1.807, 2.05) is 17.6 Å². The minimum atomic E-state index is -0.290. The van der Waals surface area contributed by atoms with Gasteiger partial charge in [0.25, 0.3) is 0 Å². The zero-order valence-electron chi connectivity index (χ0n) is 13.6. The van der Waals surface area contributed by atoms with Gasteiger partial charge in [0.1, 0.15) is 11.3 Å². The van der Waals surface area contributed by atoms with Crippen molar-refractivity contribution >= 4 is 17.0 Å². The number of piperidine rings is 1. The van der Waals surface area contributed by atoms with E-state index in [1.165, 1.54) is 13.2 Å². The molecule has 1 aromatic carbocycles. The summed E-state index contributed by atoms with van der Waals surface area (Å²) >= 11 is 0. The summed E-state index contributed by atoms with van der Waals surface area (Å²) in [4.78, 5) is 18.5. The van der Waals surface area contributed by atoms with Gasteiger partial charge in [-0.1, -0.05) is 6.07 Å². The Morgan fingerprint density at radius 1 is 1.48 bits per heavy atom. The van der Waals surface area contributed by atoms with Crippen LogP contribution in [0.15, 0.2) is 18.2 Å². The van der Waals surface area contributed by atoms with Crippen LogP contribution in [0, 0.1) is 11.7 Å². The molecule has 1 aromatic heterocycles. The van der Waals surface area contributed by atoms with Crippen molar-refractivity contribution in [1.82, 2.24) is 14.5 Å². The Hall–Kier alpha value is -1.95. The standard InChI is InChI=1S/C17H22FN3O2/c1-3-21-14-8-4-7-13(18)16(14)19-15(21)11-20-9-5-6-12(10-20)17(22)23-2/h4,7-8,12H,3,5-6,9-11H2,1-2H3/t12-/m1/s1. The van der Waals surface area contributed by atoms with Crippen LogP contribution < -0.4 is 0 Å². The van der Waals surface area contributed by atoms with E-state index in [4.69, 9.17) is 4.74 Å². The maximum atomic E-state index is 14.0. The molecule has 0 spiro atoms. The second-order valence-electron chi connectivity index (χ2n) is 5.98. The minimum absolute atomic E-state index is 0.0788. The number of hydrogen-bond acceptors (Lipinski definition) is 4. The molecule has 0 radical (unpaired) electrons. The summed E-state index contributed by atoms with van der Waals surface area (Å²) in [5, 5.41) is 0. The predicted molar refractivity (Wildman–Crippen MR) is 85.4 cm³/mol. The quantitative estimate of drug-likeness (QED) is 0.813. The lowest BCUT2D eigenvalue weighted by Gasteiger charge is -2.31. The van der Waals surface area contributed by atoms with Crippen LogP contribution in [0.4, 0.5) is 4.39 Å². The Balaban J connectivity index is 1.83. The SMILES string of the molecule is CCn1c(CN2CCC[C@@H](C(=O)OC)C2)nc2c(F)cccc21. The zero-order valence-corrected chi connectivity index (χ0v) is 13.6. The molecular weight excluding hydrogens is 297 g/mol. The first-order valence-corrected chi connectivity index (χ1v) is 8.07. The van der Waals surface area contributed by atoms with Gasteiger partial charge in [-0.3, -0.25) is 9.69 Å². The number of carbonyl (C=O) groups is 1. The van der Waals surface area contributed by atoms with Crippen LogP contribution in [0.1, 0.15) is 25.6 Å². The number of aryl methyl sites for hydroxylation is 1. The van der Waals surface area contributed by atoms with Crippen molar-refractivity contribution in [2.24, 2.45) is 5.92 Å². The van der Waals surface area contributed by atoms with Gasteiger partial charge < -0.3 is 9.30 Å². The molecule has 0 bridgehead atoms. The van der Waals surface area contributed by atoms with Crippen LogP contribution in [0.5, 0.6) is 0 Å². The Bertz CT molecular complexity index is 713. The van der Waals surface area contributed by atoms with E-state index >= 15 is 0 Å². The van der Waals surface area contributed by atoms with Crippen molar-refractivity contribution < 1.29 is 13.9 Å². The number of nitrogens with zero attached hydrogens (tertiary/aromatic N) is 3. The van der Waals surface area contributed by atoms with Crippen LogP contribution in [0.25, 0.3) is 11.0 Å². The number of imidazole rings is 1. The average molecular weight is 319 g/mol. The average Bonchev–Trinajstić information content (AvgIpc) is 2.93. The smallest absolute Gasteiger partial charge is 0.309 e. The first-order valence-electron chi connectivity index (χ1n) is 8.07. The Morgan fingerprint density at radius 3 is 3.04 bits per heavy atom. The summed E-state index contributed by atoms with van der Waals surface area (Å²) in [5.41, 5.74) is 1.25. The number of carbonyl (C=O) groups excluding carboxylic acids is 1. The number of methoxy groups -OCH3 is 1. The second-order valence-corrected chi connectivity index (χ2v) is 5.98. The molecular formula is C17H22FN3O2. The highest BCUT2D eigenvalue weighted by Crippen LogP contribution is 2.23. The second kappa shape index (κ2) is 6.66. The van der Waals surface area contributed by atoms with Crippen LogP contribution in [-0.4, -0.2) is 40.6 Å². The maximum Gasteiger partial charge on any atom is 0.309 e. The van der Waals surface area contributed by atoms with Crippen molar-refractivity contribution in [3.8, 4) is 0 Å². The number of esters is 1. The van der Waals surface area contributed by atoms with Gasteiger partial charge in [-0.2, -0.15) is 0 Å². The van der Waals surface area contributed by atoms with Crippen LogP contribution in [-0.2, 0) is 22.6 Å². The van der Waals surface area contributed by atoms with E-state index in [1.54, 1.807) is 6.07 Å². The van der Waals surface area contributed by atoms with Gasteiger partial charge in [0.05, 0.1) is 25.1 Å². The van der Waals surface area contributed by atoms with Gasteiger partial charge in [0, 0.05) is 13.1 Å². The summed E-state index contributed by atoms with van der Waals surface area (Å²) in [5.74, 6) is 0.329. The van der Waals surface area contributed by atoms with E-state index in [-0.39, 0.29) is 17.7 Å². The molecule has 1 fully saturated rings. The summed E-state index contributed by atoms with van der Waals surface area (Å²) in [6.07, 6.45) is 1.82. The van der Waals surface area contributed by atoms with Gasteiger partial charge in [0.2, 0.25) is 0 Å². The van der Waals surface area contributed by atoms with Gasteiger partial charge in [-0.15, -0.1) is 0 Å².